The molecule has 0 bridgehead atoms. The van der Waals surface area contributed by atoms with E-state index >= 15 is 0 Å². The van der Waals surface area contributed by atoms with Crippen molar-refractivity contribution in [3.63, 3.8) is 0 Å². The van der Waals surface area contributed by atoms with Crippen LogP contribution in [0, 0.1) is 11.8 Å². The van der Waals surface area contributed by atoms with Crippen LogP contribution in [-0.4, -0.2) is 20.9 Å². The van der Waals surface area contributed by atoms with E-state index in [1.807, 2.05) is 0 Å². The minimum Gasteiger partial charge on any atom is -0.352 e. The van der Waals surface area contributed by atoms with Gasteiger partial charge in [0.2, 0.25) is 0 Å². The third-order valence-corrected chi connectivity index (χ3v) is 6.47. The first kappa shape index (κ1) is 14.8. The molecule has 0 spiro atoms. The SMILES string of the molecule is CC1CCC(CNC(=O)c2csc(S(=O)(=O)Cl)c2)C1. The molecule has 1 aliphatic rings. The van der Waals surface area contributed by atoms with Crippen molar-refractivity contribution >= 4 is 37.0 Å². The van der Waals surface area contributed by atoms with Crippen molar-refractivity contribution in [3.05, 3.63) is 17.0 Å². The van der Waals surface area contributed by atoms with E-state index in [1.165, 1.54) is 17.9 Å². The van der Waals surface area contributed by atoms with Crippen LogP contribution >= 0.6 is 22.0 Å². The number of amides is 1. The first-order valence-electron chi connectivity index (χ1n) is 6.17. The van der Waals surface area contributed by atoms with Gasteiger partial charge in [-0.15, -0.1) is 11.3 Å². The van der Waals surface area contributed by atoms with Crippen molar-refractivity contribution in [1.29, 1.82) is 0 Å². The highest BCUT2D eigenvalue weighted by molar-refractivity contribution is 8.15. The van der Waals surface area contributed by atoms with Gasteiger partial charge < -0.3 is 5.32 Å². The molecule has 1 fully saturated rings. The van der Waals surface area contributed by atoms with E-state index in [0.717, 1.165) is 30.1 Å². The zero-order valence-corrected chi connectivity index (χ0v) is 12.9. The predicted octanol–water partition coefficient (Wildman–Crippen LogP) is 2.84. The van der Waals surface area contributed by atoms with Crippen LogP contribution in [0.1, 0.15) is 36.5 Å². The van der Waals surface area contributed by atoms with E-state index < -0.39 is 9.05 Å². The number of hydrogen-bond donors (Lipinski definition) is 1. The lowest BCUT2D eigenvalue weighted by Crippen LogP contribution is -2.28. The van der Waals surface area contributed by atoms with Crippen LogP contribution < -0.4 is 5.32 Å². The molecule has 1 aliphatic carbocycles. The van der Waals surface area contributed by atoms with Crippen molar-refractivity contribution in [1.82, 2.24) is 5.32 Å². The highest BCUT2D eigenvalue weighted by Crippen LogP contribution is 2.29. The van der Waals surface area contributed by atoms with Crippen molar-refractivity contribution < 1.29 is 13.2 Å². The van der Waals surface area contributed by atoms with E-state index in [9.17, 15) is 13.2 Å². The van der Waals surface area contributed by atoms with Gasteiger partial charge in [0.1, 0.15) is 4.21 Å². The maximum absolute atomic E-state index is 11.9. The lowest BCUT2D eigenvalue weighted by molar-refractivity contribution is 0.0947. The van der Waals surface area contributed by atoms with Gasteiger partial charge in [-0.3, -0.25) is 4.79 Å². The van der Waals surface area contributed by atoms with Gasteiger partial charge in [0, 0.05) is 22.6 Å². The van der Waals surface area contributed by atoms with Gasteiger partial charge in [-0.2, -0.15) is 0 Å². The van der Waals surface area contributed by atoms with Crippen LogP contribution in [0.2, 0.25) is 0 Å². The largest absolute Gasteiger partial charge is 0.352 e. The van der Waals surface area contributed by atoms with Crippen LogP contribution in [0.25, 0.3) is 0 Å². The Morgan fingerprint density at radius 3 is 2.79 bits per heavy atom. The lowest BCUT2D eigenvalue weighted by Gasteiger charge is -2.10. The third-order valence-electron chi connectivity index (χ3n) is 3.43. The predicted molar refractivity (Wildman–Crippen MR) is 76.2 cm³/mol. The molecule has 0 radical (unpaired) electrons. The van der Waals surface area contributed by atoms with Gasteiger partial charge in [-0.05, 0) is 30.7 Å². The summed E-state index contributed by atoms with van der Waals surface area (Å²) < 4.78 is 22.2. The number of nitrogens with one attached hydrogen (secondary N) is 1. The third kappa shape index (κ3) is 3.94. The Bertz CT molecular complexity index is 567. The van der Waals surface area contributed by atoms with Gasteiger partial charge in [-0.25, -0.2) is 8.42 Å². The average Bonchev–Trinajstić information content (AvgIpc) is 2.93. The Kier molecular flexibility index (Phi) is 4.53. The van der Waals surface area contributed by atoms with Crippen molar-refractivity contribution in [2.45, 2.75) is 30.4 Å². The Labute approximate surface area is 121 Å². The molecule has 1 amide bonds. The van der Waals surface area contributed by atoms with Gasteiger partial charge in [-0.1, -0.05) is 13.3 Å². The minimum absolute atomic E-state index is 0.00815. The smallest absolute Gasteiger partial charge is 0.270 e. The molecule has 1 saturated carbocycles. The number of hydrogen-bond acceptors (Lipinski definition) is 4. The number of carbonyl (C=O) groups excluding carboxylic acids is 1. The second kappa shape index (κ2) is 5.81. The van der Waals surface area contributed by atoms with Crippen LogP contribution in [0.4, 0.5) is 0 Å². The Morgan fingerprint density at radius 2 is 2.26 bits per heavy atom. The summed E-state index contributed by atoms with van der Waals surface area (Å²) in [7, 11) is 1.48. The molecule has 4 nitrogen and oxygen atoms in total. The Hall–Kier alpha value is -0.590. The normalized spacial score (nSPS) is 23.5. The van der Waals surface area contributed by atoms with Gasteiger partial charge in [0.25, 0.3) is 15.0 Å². The second-order valence-electron chi connectivity index (χ2n) is 5.09. The molecule has 2 atom stereocenters. The summed E-state index contributed by atoms with van der Waals surface area (Å²) in [5.41, 5.74) is 0.357. The maximum atomic E-state index is 11.9. The fraction of sp³-hybridized carbons (Fsp3) is 0.583. The van der Waals surface area contributed by atoms with Gasteiger partial charge in [0.05, 0.1) is 5.56 Å². The Morgan fingerprint density at radius 1 is 1.53 bits per heavy atom. The Balaban J connectivity index is 1.91. The van der Waals surface area contributed by atoms with E-state index in [-0.39, 0.29) is 10.1 Å². The van der Waals surface area contributed by atoms with Gasteiger partial charge >= 0.3 is 0 Å². The average molecular weight is 322 g/mol. The van der Waals surface area contributed by atoms with Crippen LogP contribution in [0.5, 0.6) is 0 Å². The molecule has 0 aliphatic heterocycles. The highest BCUT2D eigenvalue weighted by atomic mass is 35.7. The number of rotatable bonds is 4. The zero-order valence-electron chi connectivity index (χ0n) is 10.6. The molecule has 1 aromatic rings. The topological polar surface area (TPSA) is 63.2 Å². The zero-order chi connectivity index (χ0) is 14.0. The fourth-order valence-corrected chi connectivity index (χ4v) is 4.36. The maximum Gasteiger partial charge on any atom is 0.270 e. The molecule has 2 rings (SSSR count). The molecule has 0 aromatic carbocycles. The van der Waals surface area contributed by atoms with E-state index in [2.05, 4.69) is 12.2 Å². The number of carbonyl (C=O) groups is 1. The lowest BCUT2D eigenvalue weighted by atomic mass is 10.1. The molecular formula is C12H16ClNO3S2. The summed E-state index contributed by atoms with van der Waals surface area (Å²) >= 11 is 0.963. The van der Waals surface area contributed by atoms with Crippen molar-refractivity contribution in [2.24, 2.45) is 11.8 Å². The van der Waals surface area contributed by atoms with E-state index in [4.69, 9.17) is 10.7 Å². The second-order valence-corrected chi connectivity index (χ2v) is 8.79. The summed E-state index contributed by atoms with van der Waals surface area (Å²) in [6, 6.07) is 1.32. The molecule has 19 heavy (non-hydrogen) atoms. The summed E-state index contributed by atoms with van der Waals surface area (Å²) in [5.74, 6) is 1.03. The van der Waals surface area contributed by atoms with Crippen molar-refractivity contribution in [2.75, 3.05) is 6.54 Å². The highest BCUT2D eigenvalue weighted by Gasteiger charge is 2.22. The molecular weight excluding hydrogens is 306 g/mol. The quantitative estimate of drug-likeness (QED) is 0.867. The molecule has 1 aromatic heterocycles. The van der Waals surface area contributed by atoms with E-state index in [0.29, 0.717) is 18.0 Å². The molecule has 7 heteroatoms. The number of thiophene rings is 1. The first-order chi connectivity index (χ1) is 8.86. The van der Waals surface area contributed by atoms with Gasteiger partial charge in [0.15, 0.2) is 0 Å². The molecule has 106 valence electrons. The molecule has 0 saturated heterocycles. The summed E-state index contributed by atoms with van der Waals surface area (Å²) in [6.45, 7) is 2.88. The van der Waals surface area contributed by atoms with Crippen LogP contribution in [-0.2, 0) is 9.05 Å². The molecule has 2 unspecified atom stereocenters. The number of halogens is 1. The monoisotopic (exact) mass is 321 g/mol. The van der Waals surface area contributed by atoms with Crippen LogP contribution in [0.3, 0.4) is 0 Å². The molecule has 1 N–H and O–H groups in total. The van der Waals surface area contributed by atoms with Crippen LogP contribution in [0.15, 0.2) is 15.7 Å². The standard InChI is InChI=1S/C12H16ClNO3S2/c1-8-2-3-9(4-8)6-14-12(15)10-5-11(18-7-10)19(13,16)17/h5,7-9H,2-4,6H2,1H3,(H,14,15). The fourth-order valence-electron chi connectivity index (χ4n) is 2.41. The van der Waals surface area contributed by atoms with Crippen molar-refractivity contribution in [3.8, 4) is 0 Å². The minimum atomic E-state index is -3.74. The first-order valence-corrected chi connectivity index (χ1v) is 9.36. The summed E-state index contributed by atoms with van der Waals surface area (Å²) in [5, 5.41) is 4.37. The summed E-state index contributed by atoms with van der Waals surface area (Å²) in [6.07, 6.45) is 3.51. The summed E-state index contributed by atoms with van der Waals surface area (Å²) in [4.78, 5) is 11.9. The molecule has 1 heterocycles. The van der Waals surface area contributed by atoms with E-state index in [1.54, 1.807) is 0 Å².